The fourth-order valence-corrected chi connectivity index (χ4v) is 2.14. The molecule has 0 spiro atoms. The molecule has 1 aromatic rings. The van der Waals surface area contributed by atoms with E-state index in [9.17, 15) is 4.79 Å². The molecule has 88 valence electrons. The number of ether oxygens (including phenoxy) is 1. The van der Waals surface area contributed by atoms with Crippen molar-refractivity contribution >= 4 is 22.4 Å². The lowest BCUT2D eigenvalue weighted by molar-refractivity contribution is 0.0176. The number of carbonyl (C=O) groups is 1. The van der Waals surface area contributed by atoms with Gasteiger partial charge in [-0.05, 0) is 12.8 Å². The zero-order chi connectivity index (χ0) is 11.5. The Bertz CT molecular complexity index is 375. The van der Waals surface area contributed by atoms with Gasteiger partial charge in [-0.1, -0.05) is 11.3 Å². The highest BCUT2D eigenvalue weighted by molar-refractivity contribution is 7.17. The number of nitrogens with zero attached hydrogens (tertiary/aromatic N) is 2. The van der Waals surface area contributed by atoms with Crippen LogP contribution in [0.5, 0.6) is 0 Å². The summed E-state index contributed by atoms with van der Waals surface area (Å²) >= 11 is 1.25. The molecule has 1 aromatic heterocycles. The average molecular weight is 242 g/mol. The zero-order valence-electron chi connectivity index (χ0n) is 9.19. The van der Waals surface area contributed by atoms with Gasteiger partial charge in [-0.25, -0.2) is 0 Å². The number of anilines is 1. The van der Waals surface area contributed by atoms with Gasteiger partial charge in [-0.3, -0.25) is 4.79 Å². The van der Waals surface area contributed by atoms with Crippen molar-refractivity contribution in [3.8, 4) is 0 Å². The van der Waals surface area contributed by atoms with Crippen molar-refractivity contribution < 1.29 is 9.53 Å². The number of hydrogen-bond donors (Lipinski definition) is 2. The SMILES string of the molecule is CNc1nnc(C(=O)NC2CC(OC)C2)s1. The van der Waals surface area contributed by atoms with Crippen molar-refractivity contribution in [3.63, 3.8) is 0 Å². The lowest BCUT2D eigenvalue weighted by Gasteiger charge is -2.34. The summed E-state index contributed by atoms with van der Waals surface area (Å²) in [6.07, 6.45) is 2.03. The number of methoxy groups -OCH3 is 1. The lowest BCUT2D eigenvalue weighted by atomic mass is 9.89. The molecule has 0 unspecified atom stereocenters. The van der Waals surface area contributed by atoms with Crippen LogP contribution in [0.1, 0.15) is 22.6 Å². The van der Waals surface area contributed by atoms with E-state index in [4.69, 9.17) is 4.74 Å². The summed E-state index contributed by atoms with van der Waals surface area (Å²) in [4.78, 5) is 11.7. The second-order valence-electron chi connectivity index (χ2n) is 3.66. The molecule has 7 heteroatoms. The Morgan fingerprint density at radius 1 is 1.50 bits per heavy atom. The summed E-state index contributed by atoms with van der Waals surface area (Å²) in [5.74, 6) is -0.154. The minimum atomic E-state index is -0.154. The van der Waals surface area contributed by atoms with Crippen LogP contribution >= 0.6 is 11.3 Å². The molecule has 0 aromatic carbocycles. The van der Waals surface area contributed by atoms with Crippen molar-refractivity contribution in [2.24, 2.45) is 0 Å². The quantitative estimate of drug-likeness (QED) is 0.803. The van der Waals surface area contributed by atoms with Gasteiger partial charge in [0.1, 0.15) is 0 Å². The molecule has 1 aliphatic rings. The molecule has 16 heavy (non-hydrogen) atoms. The first-order chi connectivity index (χ1) is 7.72. The molecule has 0 bridgehead atoms. The van der Waals surface area contributed by atoms with E-state index in [1.165, 1.54) is 11.3 Å². The van der Waals surface area contributed by atoms with Crippen LogP contribution in [0.15, 0.2) is 0 Å². The van der Waals surface area contributed by atoms with E-state index in [-0.39, 0.29) is 18.1 Å². The zero-order valence-corrected chi connectivity index (χ0v) is 10.0. The van der Waals surface area contributed by atoms with Crippen LogP contribution in [0, 0.1) is 0 Å². The fourth-order valence-electron chi connectivity index (χ4n) is 1.54. The van der Waals surface area contributed by atoms with Gasteiger partial charge in [0.15, 0.2) is 0 Å². The van der Waals surface area contributed by atoms with Gasteiger partial charge >= 0.3 is 0 Å². The van der Waals surface area contributed by atoms with Gasteiger partial charge < -0.3 is 15.4 Å². The van der Waals surface area contributed by atoms with Crippen molar-refractivity contribution in [2.45, 2.75) is 25.0 Å². The van der Waals surface area contributed by atoms with Crippen molar-refractivity contribution in [2.75, 3.05) is 19.5 Å². The molecular formula is C9H14N4O2S. The van der Waals surface area contributed by atoms with E-state index in [1.807, 2.05) is 0 Å². The van der Waals surface area contributed by atoms with Crippen molar-refractivity contribution in [3.05, 3.63) is 5.01 Å². The van der Waals surface area contributed by atoms with Gasteiger partial charge in [0, 0.05) is 20.2 Å². The first-order valence-electron chi connectivity index (χ1n) is 5.08. The maximum absolute atomic E-state index is 11.7. The lowest BCUT2D eigenvalue weighted by Crippen LogP contribution is -2.47. The number of carbonyl (C=O) groups excluding carboxylic acids is 1. The Hall–Kier alpha value is -1.21. The molecule has 0 aliphatic heterocycles. The first kappa shape index (κ1) is 11.3. The van der Waals surface area contributed by atoms with E-state index in [0.717, 1.165) is 12.8 Å². The Balaban J connectivity index is 1.84. The summed E-state index contributed by atoms with van der Waals surface area (Å²) < 4.78 is 5.14. The average Bonchev–Trinajstić information content (AvgIpc) is 2.70. The second kappa shape index (κ2) is 4.75. The molecule has 1 saturated carbocycles. The highest BCUT2D eigenvalue weighted by atomic mass is 32.1. The normalized spacial score (nSPS) is 23.6. The number of amides is 1. The number of nitrogens with one attached hydrogen (secondary N) is 2. The summed E-state index contributed by atoms with van der Waals surface area (Å²) in [6, 6.07) is 0.208. The minimum Gasteiger partial charge on any atom is -0.381 e. The largest absolute Gasteiger partial charge is 0.381 e. The van der Waals surface area contributed by atoms with Gasteiger partial charge in [0.2, 0.25) is 10.1 Å². The maximum atomic E-state index is 11.7. The highest BCUT2D eigenvalue weighted by Crippen LogP contribution is 2.23. The summed E-state index contributed by atoms with van der Waals surface area (Å²) in [7, 11) is 3.43. The van der Waals surface area contributed by atoms with Crippen LogP contribution in [0.2, 0.25) is 0 Å². The smallest absolute Gasteiger partial charge is 0.282 e. The van der Waals surface area contributed by atoms with E-state index in [2.05, 4.69) is 20.8 Å². The topological polar surface area (TPSA) is 76.1 Å². The third-order valence-corrected chi connectivity index (χ3v) is 3.54. The second-order valence-corrected chi connectivity index (χ2v) is 4.64. The molecular weight excluding hydrogens is 228 g/mol. The minimum absolute atomic E-state index is 0.154. The van der Waals surface area contributed by atoms with Gasteiger partial charge in [-0.2, -0.15) is 0 Å². The molecule has 0 atom stereocenters. The third kappa shape index (κ3) is 2.30. The summed E-state index contributed by atoms with van der Waals surface area (Å²) in [5, 5.41) is 14.4. The van der Waals surface area contributed by atoms with Crippen LogP contribution in [0.3, 0.4) is 0 Å². The van der Waals surface area contributed by atoms with E-state index in [1.54, 1.807) is 14.2 Å². The van der Waals surface area contributed by atoms with Gasteiger partial charge in [0.05, 0.1) is 6.10 Å². The molecule has 1 amide bonds. The van der Waals surface area contributed by atoms with Crippen LogP contribution in [-0.4, -0.2) is 42.4 Å². The monoisotopic (exact) mass is 242 g/mol. The van der Waals surface area contributed by atoms with Gasteiger partial charge in [-0.15, -0.1) is 10.2 Å². The van der Waals surface area contributed by atoms with E-state index < -0.39 is 0 Å². The van der Waals surface area contributed by atoms with Crippen LogP contribution < -0.4 is 10.6 Å². The Morgan fingerprint density at radius 3 is 2.81 bits per heavy atom. The molecule has 2 rings (SSSR count). The molecule has 1 fully saturated rings. The molecule has 0 saturated heterocycles. The predicted octanol–water partition coefficient (Wildman–Crippen LogP) is 0.487. The van der Waals surface area contributed by atoms with Crippen LogP contribution in [0.25, 0.3) is 0 Å². The Labute approximate surface area is 97.4 Å². The maximum Gasteiger partial charge on any atom is 0.282 e. The first-order valence-corrected chi connectivity index (χ1v) is 5.89. The fraction of sp³-hybridized carbons (Fsp3) is 0.667. The van der Waals surface area contributed by atoms with Gasteiger partial charge in [0.25, 0.3) is 5.91 Å². The van der Waals surface area contributed by atoms with Crippen molar-refractivity contribution in [1.82, 2.24) is 15.5 Å². The van der Waals surface area contributed by atoms with Crippen molar-refractivity contribution in [1.29, 1.82) is 0 Å². The third-order valence-electron chi connectivity index (χ3n) is 2.60. The summed E-state index contributed by atoms with van der Waals surface area (Å²) in [6.45, 7) is 0. The van der Waals surface area contributed by atoms with Crippen LogP contribution in [0.4, 0.5) is 5.13 Å². The van der Waals surface area contributed by atoms with E-state index >= 15 is 0 Å². The number of hydrogen-bond acceptors (Lipinski definition) is 6. The number of rotatable bonds is 4. The molecule has 0 radical (unpaired) electrons. The van der Waals surface area contributed by atoms with Crippen LogP contribution in [-0.2, 0) is 4.74 Å². The molecule has 1 heterocycles. The summed E-state index contributed by atoms with van der Waals surface area (Å²) in [5.41, 5.74) is 0. The predicted molar refractivity (Wildman–Crippen MR) is 60.7 cm³/mol. The molecule has 1 aliphatic carbocycles. The number of aromatic nitrogens is 2. The standard InChI is InChI=1S/C9H14N4O2S/c1-10-9-13-12-8(16-9)7(14)11-5-3-6(4-5)15-2/h5-6H,3-4H2,1-2H3,(H,10,13)(H,11,14). The Morgan fingerprint density at radius 2 is 2.25 bits per heavy atom. The highest BCUT2D eigenvalue weighted by Gasteiger charge is 2.31. The molecule has 6 nitrogen and oxygen atoms in total. The van der Waals surface area contributed by atoms with E-state index in [0.29, 0.717) is 10.1 Å². The molecule has 2 N–H and O–H groups in total. The Kier molecular flexibility index (Phi) is 3.35.